The molecule has 6 heteroatoms. The highest BCUT2D eigenvalue weighted by molar-refractivity contribution is 7.09. The largest absolute Gasteiger partial charge is 0.419 e. The van der Waals surface area contributed by atoms with Crippen molar-refractivity contribution < 1.29 is 4.42 Å². The molecule has 0 atom stereocenters. The van der Waals surface area contributed by atoms with Gasteiger partial charge in [0.25, 0.3) is 5.89 Å². The lowest BCUT2D eigenvalue weighted by Gasteiger charge is -1.99. The minimum atomic E-state index is 0.532. The molecule has 0 aromatic carbocycles. The van der Waals surface area contributed by atoms with Gasteiger partial charge in [0, 0.05) is 17.8 Å². The average Bonchev–Trinajstić information content (AvgIpc) is 2.88. The summed E-state index contributed by atoms with van der Waals surface area (Å²) >= 11 is 1.59. The first kappa shape index (κ1) is 11.8. The molecule has 18 heavy (non-hydrogen) atoms. The molecule has 5 nitrogen and oxygen atoms in total. The molecule has 0 radical (unpaired) electrons. The first-order chi connectivity index (χ1) is 8.81. The average molecular weight is 264 g/mol. The van der Waals surface area contributed by atoms with Crippen LogP contribution in [0.15, 0.2) is 9.80 Å². The Morgan fingerprint density at radius 2 is 2.33 bits per heavy atom. The fourth-order valence-corrected chi connectivity index (χ4v) is 2.34. The summed E-state index contributed by atoms with van der Waals surface area (Å²) in [5, 5.41) is 14.5. The maximum atomic E-state index is 5.60. The van der Waals surface area contributed by atoms with Gasteiger partial charge in [0.2, 0.25) is 5.89 Å². The van der Waals surface area contributed by atoms with Crippen LogP contribution in [0.25, 0.3) is 11.6 Å². The van der Waals surface area contributed by atoms with Crippen LogP contribution in [0.4, 0.5) is 0 Å². The van der Waals surface area contributed by atoms with E-state index in [0.29, 0.717) is 11.8 Å². The van der Waals surface area contributed by atoms with Gasteiger partial charge in [-0.3, -0.25) is 0 Å². The van der Waals surface area contributed by atoms with E-state index in [-0.39, 0.29) is 0 Å². The van der Waals surface area contributed by atoms with Crippen LogP contribution < -0.4 is 5.32 Å². The number of aryl methyl sites for hydroxylation is 2. The van der Waals surface area contributed by atoms with Gasteiger partial charge in [-0.25, -0.2) is 4.98 Å². The van der Waals surface area contributed by atoms with Crippen molar-refractivity contribution in [2.24, 2.45) is 0 Å². The summed E-state index contributed by atoms with van der Waals surface area (Å²) in [6.07, 6.45) is 4.52. The first-order valence-corrected chi connectivity index (χ1v) is 7.17. The third kappa shape index (κ3) is 2.94. The summed E-state index contributed by atoms with van der Waals surface area (Å²) in [4.78, 5) is 4.33. The summed E-state index contributed by atoms with van der Waals surface area (Å²) in [5.41, 5.74) is 0.785. The molecular formula is C12H16N4OS. The summed E-state index contributed by atoms with van der Waals surface area (Å²) in [6, 6.07) is 0.765. The number of nitrogens with one attached hydrogen (secondary N) is 1. The van der Waals surface area contributed by atoms with Gasteiger partial charge in [0.05, 0.1) is 5.01 Å². The lowest BCUT2D eigenvalue weighted by molar-refractivity contribution is 0.490. The summed E-state index contributed by atoms with van der Waals surface area (Å²) in [5.74, 6) is 1.23. The van der Waals surface area contributed by atoms with Crippen molar-refractivity contribution in [1.29, 1.82) is 0 Å². The molecule has 3 rings (SSSR count). The quantitative estimate of drug-likeness (QED) is 0.810. The molecule has 1 saturated carbocycles. The monoisotopic (exact) mass is 264 g/mol. The van der Waals surface area contributed by atoms with Crippen LogP contribution in [0.1, 0.15) is 30.2 Å². The highest BCUT2D eigenvalue weighted by atomic mass is 32.1. The Morgan fingerprint density at radius 1 is 1.44 bits per heavy atom. The molecule has 2 heterocycles. The van der Waals surface area contributed by atoms with Gasteiger partial charge in [-0.15, -0.1) is 21.5 Å². The van der Waals surface area contributed by atoms with Crippen molar-refractivity contribution in [3.63, 3.8) is 0 Å². The van der Waals surface area contributed by atoms with Crippen LogP contribution in [0.5, 0.6) is 0 Å². The zero-order valence-corrected chi connectivity index (χ0v) is 11.2. The summed E-state index contributed by atoms with van der Waals surface area (Å²) in [7, 11) is 0. The number of rotatable bonds is 6. The maximum absolute atomic E-state index is 5.60. The van der Waals surface area contributed by atoms with E-state index in [1.165, 1.54) is 12.8 Å². The Kier molecular flexibility index (Phi) is 3.38. The first-order valence-electron chi connectivity index (χ1n) is 6.29. The molecule has 0 amide bonds. The lowest BCUT2D eigenvalue weighted by atomic mass is 10.3. The van der Waals surface area contributed by atoms with Gasteiger partial charge in [0.15, 0.2) is 0 Å². The minimum absolute atomic E-state index is 0.532. The van der Waals surface area contributed by atoms with E-state index in [2.05, 4.69) is 20.5 Å². The lowest BCUT2D eigenvalue weighted by Crippen LogP contribution is -2.17. The second kappa shape index (κ2) is 5.16. The van der Waals surface area contributed by atoms with Gasteiger partial charge < -0.3 is 9.73 Å². The van der Waals surface area contributed by atoms with E-state index in [4.69, 9.17) is 4.42 Å². The second-order valence-corrected chi connectivity index (χ2v) is 5.65. The Hall–Kier alpha value is -1.27. The SMILES string of the molecule is Cc1nc(-c2nnc(CCCNC3CC3)o2)cs1. The Bertz CT molecular complexity index is 518. The van der Waals surface area contributed by atoms with E-state index < -0.39 is 0 Å². The molecule has 2 aromatic heterocycles. The van der Waals surface area contributed by atoms with Crippen molar-refractivity contribution in [2.45, 2.75) is 38.6 Å². The molecule has 96 valence electrons. The predicted octanol–water partition coefficient (Wildman–Crippen LogP) is 2.19. The fraction of sp³-hybridized carbons (Fsp3) is 0.583. The molecule has 0 spiro atoms. The van der Waals surface area contributed by atoms with E-state index in [1.54, 1.807) is 11.3 Å². The van der Waals surface area contributed by atoms with Gasteiger partial charge in [0.1, 0.15) is 5.69 Å². The molecule has 0 saturated heterocycles. The van der Waals surface area contributed by atoms with Crippen molar-refractivity contribution in [2.75, 3.05) is 6.54 Å². The molecule has 0 aliphatic heterocycles. The standard InChI is InChI=1S/C12H16N4OS/c1-8-14-10(7-18-8)12-16-15-11(17-12)3-2-6-13-9-4-5-9/h7,9,13H,2-6H2,1H3. The van der Waals surface area contributed by atoms with Gasteiger partial charge in [-0.2, -0.15) is 0 Å². The molecule has 1 aliphatic rings. The summed E-state index contributed by atoms with van der Waals surface area (Å²) in [6.45, 7) is 2.99. The third-order valence-electron chi connectivity index (χ3n) is 2.88. The van der Waals surface area contributed by atoms with Crippen LogP contribution in [0.3, 0.4) is 0 Å². The van der Waals surface area contributed by atoms with Crippen molar-refractivity contribution in [1.82, 2.24) is 20.5 Å². The van der Waals surface area contributed by atoms with Crippen molar-refractivity contribution in [3.05, 3.63) is 16.3 Å². The second-order valence-electron chi connectivity index (χ2n) is 4.58. The van der Waals surface area contributed by atoms with Crippen molar-refractivity contribution >= 4 is 11.3 Å². The van der Waals surface area contributed by atoms with Gasteiger partial charge in [-0.1, -0.05) is 0 Å². The number of aromatic nitrogens is 3. The van der Waals surface area contributed by atoms with Crippen LogP contribution in [0.2, 0.25) is 0 Å². The molecular weight excluding hydrogens is 248 g/mol. The van der Waals surface area contributed by atoms with E-state index in [9.17, 15) is 0 Å². The molecule has 0 unspecified atom stereocenters. The Morgan fingerprint density at radius 3 is 3.06 bits per heavy atom. The van der Waals surface area contributed by atoms with Crippen LogP contribution in [-0.2, 0) is 6.42 Å². The van der Waals surface area contributed by atoms with Crippen LogP contribution in [-0.4, -0.2) is 27.8 Å². The van der Waals surface area contributed by atoms with E-state index in [0.717, 1.165) is 36.1 Å². The van der Waals surface area contributed by atoms with Crippen molar-refractivity contribution in [3.8, 4) is 11.6 Å². The minimum Gasteiger partial charge on any atom is -0.419 e. The topological polar surface area (TPSA) is 63.8 Å². The number of hydrogen-bond donors (Lipinski definition) is 1. The Balaban J connectivity index is 1.52. The normalized spacial score (nSPS) is 15.2. The highest BCUT2D eigenvalue weighted by Crippen LogP contribution is 2.21. The Labute approximate surface area is 110 Å². The van der Waals surface area contributed by atoms with Gasteiger partial charge >= 0.3 is 0 Å². The molecule has 1 fully saturated rings. The molecule has 2 aromatic rings. The van der Waals surface area contributed by atoms with Crippen LogP contribution >= 0.6 is 11.3 Å². The zero-order chi connectivity index (χ0) is 12.4. The number of thiazole rings is 1. The third-order valence-corrected chi connectivity index (χ3v) is 3.66. The van der Waals surface area contributed by atoms with Crippen LogP contribution in [0, 0.1) is 6.92 Å². The number of nitrogens with zero attached hydrogens (tertiary/aromatic N) is 3. The molecule has 1 N–H and O–H groups in total. The highest BCUT2D eigenvalue weighted by Gasteiger charge is 2.19. The van der Waals surface area contributed by atoms with E-state index in [1.807, 2.05) is 12.3 Å². The molecule has 0 bridgehead atoms. The summed E-state index contributed by atoms with van der Waals surface area (Å²) < 4.78 is 5.60. The smallest absolute Gasteiger partial charge is 0.267 e. The van der Waals surface area contributed by atoms with Gasteiger partial charge in [-0.05, 0) is 32.7 Å². The maximum Gasteiger partial charge on any atom is 0.267 e. The van der Waals surface area contributed by atoms with E-state index >= 15 is 0 Å². The fourth-order valence-electron chi connectivity index (χ4n) is 1.75. The predicted molar refractivity (Wildman–Crippen MR) is 69.5 cm³/mol. The molecule has 1 aliphatic carbocycles. The zero-order valence-electron chi connectivity index (χ0n) is 10.3. The number of hydrogen-bond acceptors (Lipinski definition) is 6.